The molecule has 0 aliphatic rings. The molecule has 0 N–H and O–H groups in total. The summed E-state index contributed by atoms with van der Waals surface area (Å²) in [4.78, 5) is 4.07. The molecular weight excluding hydrogens is 274 g/mol. The van der Waals surface area contributed by atoms with E-state index in [2.05, 4.69) is 30.1 Å². The quantitative estimate of drug-likeness (QED) is 0.562. The molecule has 0 aliphatic heterocycles. The van der Waals surface area contributed by atoms with Gasteiger partial charge in [-0.05, 0) is 25.1 Å². The number of hydrogen-bond acceptors (Lipinski definition) is 3. The van der Waals surface area contributed by atoms with Crippen LogP contribution in [0.2, 0.25) is 0 Å². The standard InChI is InChI=1S/C18H15N3O/c1-12-16-11-17(22-2)14-5-3-4-6-15(14)18(16)20-21(12)13-7-9-19-10-8-13/h3-11H,1-2H3. The molecule has 108 valence electrons. The number of rotatable bonds is 2. The molecule has 4 aromatic rings. The van der Waals surface area contributed by atoms with Crippen molar-refractivity contribution in [3.8, 4) is 11.4 Å². The van der Waals surface area contributed by atoms with Crippen LogP contribution in [0.15, 0.2) is 54.9 Å². The predicted molar refractivity (Wildman–Crippen MR) is 87.7 cm³/mol. The number of fused-ring (bicyclic) bond motifs is 3. The molecule has 0 fully saturated rings. The smallest absolute Gasteiger partial charge is 0.127 e. The van der Waals surface area contributed by atoms with Gasteiger partial charge >= 0.3 is 0 Å². The Morgan fingerprint density at radius 2 is 1.68 bits per heavy atom. The Kier molecular flexibility index (Phi) is 2.82. The highest BCUT2D eigenvalue weighted by Gasteiger charge is 2.14. The van der Waals surface area contributed by atoms with Gasteiger partial charge in [0.25, 0.3) is 0 Å². The molecule has 22 heavy (non-hydrogen) atoms. The molecule has 4 rings (SSSR count). The van der Waals surface area contributed by atoms with Crippen molar-refractivity contribution in [3.05, 3.63) is 60.6 Å². The molecule has 0 bridgehead atoms. The van der Waals surface area contributed by atoms with E-state index in [1.165, 1.54) is 0 Å². The summed E-state index contributed by atoms with van der Waals surface area (Å²) in [5.41, 5.74) is 3.09. The summed E-state index contributed by atoms with van der Waals surface area (Å²) in [6.45, 7) is 2.07. The van der Waals surface area contributed by atoms with Crippen LogP contribution in [-0.4, -0.2) is 21.9 Å². The number of nitrogens with zero attached hydrogens (tertiary/aromatic N) is 3. The van der Waals surface area contributed by atoms with Gasteiger partial charge in [-0.1, -0.05) is 24.3 Å². The summed E-state index contributed by atoms with van der Waals surface area (Å²) < 4.78 is 7.52. The molecule has 4 nitrogen and oxygen atoms in total. The van der Waals surface area contributed by atoms with Gasteiger partial charge in [-0.25, -0.2) is 4.68 Å². The van der Waals surface area contributed by atoms with Gasteiger partial charge in [0, 0.05) is 34.2 Å². The predicted octanol–water partition coefficient (Wildman–Crippen LogP) is 3.89. The second-order valence-electron chi connectivity index (χ2n) is 5.22. The molecule has 0 radical (unpaired) electrons. The summed E-state index contributed by atoms with van der Waals surface area (Å²) >= 11 is 0. The highest BCUT2D eigenvalue weighted by molar-refractivity contribution is 6.09. The Labute approximate surface area is 128 Å². The number of hydrogen-bond donors (Lipinski definition) is 0. The third-order valence-corrected chi connectivity index (χ3v) is 4.01. The maximum Gasteiger partial charge on any atom is 0.127 e. The lowest BCUT2D eigenvalue weighted by atomic mass is 10.1. The normalized spacial score (nSPS) is 11.2. The second kappa shape index (κ2) is 4.84. The van der Waals surface area contributed by atoms with Crippen LogP contribution in [0.5, 0.6) is 5.75 Å². The largest absolute Gasteiger partial charge is 0.496 e. The molecule has 4 heteroatoms. The third-order valence-electron chi connectivity index (χ3n) is 4.01. The lowest BCUT2D eigenvalue weighted by Gasteiger charge is -2.06. The van der Waals surface area contributed by atoms with Crippen molar-refractivity contribution >= 4 is 21.7 Å². The van der Waals surface area contributed by atoms with E-state index in [9.17, 15) is 0 Å². The number of methoxy groups -OCH3 is 1. The van der Waals surface area contributed by atoms with Gasteiger partial charge < -0.3 is 4.74 Å². The molecule has 2 aromatic heterocycles. The van der Waals surface area contributed by atoms with Crippen LogP contribution in [-0.2, 0) is 0 Å². The minimum Gasteiger partial charge on any atom is -0.496 e. The van der Waals surface area contributed by atoms with Gasteiger partial charge in [0.2, 0.25) is 0 Å². The van der Waals surface area contributed by atoms with Crippen molar-refractivity contribution in [1.29, 1.82) is 0 Å². The molecular formula is C18H15N3O. The van der Waals surface area contributed by atoms with E-state index in [0.29, 0.717) is 0 Å². The Bertz CT molecular complexity index is 974. The summed E-state index contributed by atoms with van der Waals surface area (Å²) in [5, 5.41) is 8.11. The Morgan fingerprint density at radius 1 is 0.955 bits per heavy atom. The van der Waals surface area contributed by atoms with E-state index in [1.807, 2.05) is 28.9 Å². The van der Waals surface area contributed by atoms with Crippen LogP contribution in [0, 0.1) is 6.92 Å². The minimum absolute atomic E-state index is 0.875. The average molecular weight is 289 g/mol. The van der Waals surface area contributed by atoms with Crippen molar-refractivity contribution < 1.29 is 4.74 Å². The van der Waals surface area contributed by atoms with Gasteiger partial charge in [-0.3, -0.25) is 4.98 Å². The lowest BCUT2D eigenvalue weighted by Crippen LogP contribution is -1.98. The SMILES string of the molecule is COc1cc2c(C)n(-c3ccncc3)nc2c2ccccc12. The van der Waals surface area contributed by atoms with Gasteiger partial charge in [0.15, 0.2) is 0 Å². The zero-order valence-corrected chi connectivity index (χ0v) is 12.4. The highest BCUT2D eigenvalue weighted by atomic mass is 16.5. The van der Waals surface area contributed by atoms with E-state index in [-0.39, 0.29) is 0 Å². The minimum atomic E-state index is 0.875. The fraction of sp³-hybridized carbons (Fsp3) is 0.111. The van der Waals surface area contributed by atoms with E-state index in [0.717, 1.165) is 38.8 Å². The Morgan fingerprint density at radius 3 is 2.41 bits per heavy atom. The maximum absolute atomic E-state index is 5.56. The maximum atomic E-state index is 5.56. The number of ether oxygens (including phenoxy) is 1. The first-order valence-corrected chi connectivity index (χ1v) is 7.15. The molecule has 0 atom stereocenters. The van der Waals surface area contributed by atoms with Crippen molar-refractivity contribution in [2.45, 2.75) is 6.92 Å². The Hall–Kier alpha value is -2.88. The van der Waals surface area contributed by atoms with Crippen LogP contribution in [0.1, 0.15) is 5.69 Å². The average Bonchev–Trinajstić information content (AvgIpc) is 2.92. The second-order valence-corrected chi connectivity index (χ2v) is 5.22. The summed E-state index contributed by atoms with van der Waals surface area (Å²) in [6, 6.07) is 14.2. The van der Waals surface area contributed by atoms with Crippen LogP contribution >= 0.6 is 0 Å². The van der Waals surface area contributed by atoms with Gasteiger partial charge in [0.05, 0.1) is 12.8 Å². The molecule has 0 unspecified atom stereocenters. The number of aromatic nitrogens is 3. The van der Waals surface area contributed by atoms with Crippen molar-refractivity contribution in [2.75, 3.05) is 7.11 Å². The lowest BCUT2D eigenvalue weighted by molar-refractivity contribution is 0.420. The molecule has 0 aliphatic carbocycles. The zero-order valence-electron chi connectivity index (χ0n) is 12.4. The molecule has 2 aromatic carbocycles. The fourth-order valence-electron chi connectivity index (χ4n) is 2.90. The monoisotopic (exact) mass is 289 g/mol. The van der Waals surface area contributed by atoms with E-state index >= 15 is 0 Å². The molecule has 0 amide bonds. The molecule has 0 spiro atoms. The van der Waals surface area contributed by atoms with Crippen LogP contribution in [0.25, 0.3) is 27.4 Å². The first-order chi connectivity index (χ1) is 10.8. The van der Waals surface area contributed by atoms with Gasteiger partial charge in [0.1, 0.15) is 11.3 Å². The third kappa shape index (κ3) is 1.77. The first-order valence-electron chi connectivity index (χ1n) is 7.15. The fourth-order valence-corrected chi connectivity index (χ4v) is 2.90. The number of aryl methyl sites for hydroxylation is 1. The van der Waals surface area contributed by atoms with Crippen molar-refractivity contribution in [2.24, 2.45) is 0 Å². The molecule has 2 heterocycles. The molecule has 0 saturated carbocycles. The van der Waals surface area contributed by atoms with Gasteiger partial charge in [-0.15, -0.1) is 0 Å². The number of benzene rings is 2. The summed E-state index contributed by atoms with van der Waals surface area (Å²) in [6.07, 6.45) is 3.56. The summed E-state index contributed by atoms with van der Waals surface area (Å²) in [7, 11) is 1.70. The van der Waals surface area contributed by atoms with Crippen molar-refractivity contribution in [1.82, 2.24) is 14.8 Å². The van der Waals surface area contributed by atoms with Crippen LogP contribution in [0.4, 0.5) is 0 Å². The summed E-state index contributed by atoms with van der Waals surface area (Å²) in [5.74, 6) is 0.875. The van der Waals surface area contributed by atoms with Crippen LogP contribution < -0.4 is 4.74 Å². The van der Waals surface area contributed by atoms with E-state index < -0.39 is 0 Å². The topological polar surface area (TPSA) is 39.9 Å². The first kappa shape index (κ1) is 12.8. The zero-order chi connectivity index (χ0) is 15.1. The van der Waals surface area contributed by atoms with Gasteiger partial charge in [-0.2, -0.15) is 5.10 Å². The highest BCUT2D eigenvalue weighted by Crippen LogP contribution is 2.34. The molecule has 0 saturated heterocycles. The van der Waals surface area contributed by atoms with Crippen molar-refractivity contribution in [3.63, 3.8) is 0 Å². The van der Waals surface area contributed by atoms with E-state index in [1.54, 1.807) is 19.5 Å². The van der Waals surface area contributed by atoms with E-state index in [4.69, 9.17) is 9.84 Å². The van der Waals surface area contributed by atoms with Crippen LogP contribution in [0.3, 0.4) is 0 Å². The Balaban J connectivity index is 2.12. The number of pyridine rings is 1.